The lowest BCUT2D eigenvalue weighted by Gasteiger charge is -2.36. The summed E-state index contributed by atoms with van der Waals surface area (Å²) < 4.78 is 47.9. The highest BCUT2D eigenvalue weighted by atomic mass is 35.5. The van der Waals surface area contributed by atoms with Gasteiger partial charge in [0.05, 0.1) is 11.0 Å². The minimum Gasteiger partial charge on any atom is -0.534 e. The molecule has 3 aromatic rings. The van der Waals surface area contributed by atoms with Gasteiger partial charge < -0.3 is 45.6 Å². The van der Waals surface area contributed by atoms with E-state index in [1.165, 1.54) is 23.1 Å². The molecule has 2 saturated heterocycles. The molecule has 0 bridgehead atoms. The molecule has 280 valence electrons. The van der Waals surface area contributed by atoms with Gasteiger partial charge >= 0.3 is 25.1 Å². The third-order valence-electron chi connectivity index (χ3n) is 9.42. The van der Waals surface area contributed by atoms with E-state index in [9.17, 15) is 57.8 Å². The number of likely N-dealkylation sites (tertiary alicyclic amines) is 1. The number of phenolic OH excluding ortho intramolecular Hbond substituents is 3. The second-order valence-corrected chi connectivity index (χ2v) is 13.2. The molecule has 53 heavy (non-hydrogen) atoms. The van der Waals surface area contributed by atoms with Crippen molar-refractivity contribution in [3.8, 4) is 23.0 Å². The number of fused-ring (bicyclic) bond motifs is 1. The van der Waals surface area contributed by atoms with Gasteiger partial charge in [0.1, 0.15) is 34.7 Å². The maximum atomic E-state index is 14.7. The molecular formula is C33H32BClF3N5O10. The molecule has 3 aliphatic rings. The van der Waals surface area contributed by atoms with E-state index in [1.807, 2.05) is 4.90 Å². The summed E-state index contributed by atoms with van der Waals surface area (Å²) in [5.41, 5.74) is -0.680. The third-order valence-corrected chi connectivity index (χ3v) is 9.82. The molecule has 1 unspecified atom stereocenters. The molecule has 0 saturated carbocycles. The summed E-state index contributed by atoms with van der Waals surface area (Å²) in [6.07, 6.45) is 0.755. The van der Waals surface area contributed by atoms with E-state index in [0.717, 1.165) is 17.0 Å². The van der Waals surface area contributed by atoms with E-state index in [4.69, 9.17) is 16.3 Å². The number of carbonyl (C=O) groups excluding carboxylic acids is 3. The number of hydrogen-bond donors (Lipinski definition) is 7. The first-order chi connectivity index (χ1) is 25.1. The number of halogens is 4. The van der Waals surface area contributed by atoms with Crippen LogP contribution in [0.15, 0.2) is 36.4 Å². The van der Waals surface area contributed by atoms with Gasteiger partial charge in [0, 0.05) is 50.4 Å². The molecule has 15 nitrogen and oxygen atoms in total. The molecular weight excluding hydrogens is 730 g/mol. The van der Waals surface area contributed by atoms with Crippen LogP contribution in [0.25, 0.3) is 0 Å². The van der Waals surface area contributed by atoms with Crippen LogP contribution in [0, 0.1) is 17.5 Å². The number of piperidine rings is 1. The zero-order valence-corrected chi connectivity index (χ0v) is 28.3. The van der Waals surface area contributed by atoms with Crippen LogP contribution in [0.2, 0.25) is 5.02 Å². The van der Waals surface area contributed by atoms with Crippen molar-refractivity contribution in [1.29, 1.82) is 0 Å². The van der Waals surface area contributed by atoms with E-state index in [1.54, 1.807) is 0 Å². The van der Waals surface area contributed by atoms with E-state index >= 15 is 0 Å². The number of carboxylic acids is 1. The minimum atomic E-state index is -1.94. The molecule has 3 heterocycles. The highest BCUT2D eigenvalue weighted by Gasteiger charge is 2.43. The number of carbonyl (C=O) groups is 4. The summed E-state index contributed by atoms with van der Waals surface area (Å²) in [7, 11) is -1.93. The van der Waals surface area contributed by atoms with Crippen molar-refractivity contribution in [1.82, 2.24) is 25.3 Å². The Hall–Kier alpha value is -5.40. The Labute approximate surface area is 304 Å². The van der Waals surface area contributed by atoms with Crippen LogP contribution in [0.3, 0.4) is 0 Å². The molecule has 0 radical (unpaired) electrons. The molecule has 3 aliphatic heterocycles. The van der Waals surface area contributed by atoms with Crippen molar-refractivity contribution in [3.63, 3.8) is 0 Å². The number of carboxylic acid groups (broad SMARTS) is 1. The Bertz CT molecular complexity index is 1970. The van der Waals surface area contributed by atoms with Crippen LogP contribution in [0.1, 0.15) is 45.9 Å². The van der Waals surface area contributed by atoms with Crippen LogP contribution in [0.4, 0.5) is 22.8 Å². The van der Waals surface area contributed by atoms with Gasteiger partial charge in [-0.25, -0.2) is 32.5 Å². The molecule has 6 rings (SSSR count). The second-order valence-electron chi connectivity index (χ2n) is 12.8. The molecule has 7 N–H and O–H groups in total. The van der Waals surface area contributed by atoms with Gasteiger partial charge in [-0.05, 0) is 54.7 Å². The first-order valence-electron chi connectivity index (χ1n) is 16.3. The summed E-state index contributed by atoms with van der Waals surface area (Å²) in [5.74, 6) is -10.3. The molecule has 0 aromatic heterocycles. The van der Waals surface area contributed by atoms with Gasteiger partial charge in [-0.2, -0.15) is 0 Å². The average Bonchev–Trinajstić information content (AvgIpc) is 3.49. The first kappa shape index (κ1) is 37.4. The Balaban J connectivity index is 1.16. The average molecular weight is 762 g/mol. The van der Waals surface area contributed by atoms with Gasteiger partial charge in [0.2, 0.25) is 5.91 Å². The van der Waals surface area contributed by atoms with Crippen molar-refractivity contribution >= 4 is 42.7 Å². The van der Waals surface area contributed by atoms with Crippen molar-refractivity contribution in [2.45, 2.75) is 43.8 Å². The monoisotopic (exact) mass is 761 g/mol. The van der Waals surface area contributed by atoms with Crippen LogP contribution in [-0.2, 0) is 17.8 Å². The number of amides is 5. The van der Waals surface area contributed by atoms with Crippen LogP contribution < -0.4 is 15.3 Å². The fraction of sp³-hybridized carbons (Fsp3) is 0.333. The maximum absolute atomic E-state index is 14.7. The SMILES string of the molecule is O=C(O)c1c(F)ccc2c1OB(O)[C@@H](NC(=O)C(NC(=O)N1CCN(C3CCN(Cc4cc(O)cc(F)c4)CC3)C1=O)c1cc(F)c(O)c(O)c1Cl)C2. The quantitative estimate of drug-likeness (QED) is 0.131. The Morgan fingerprint density at radius 2 is 1.70 bits per heavy atom. The number of phenols is 3. The number of nitrogens with zero attached hydrogens (tertiary/aromatic N) is 3. The van der Waals surface area contributed by atoms with E-state index in [2.05, 4.69) is 10.6 Å². The van der Waals surface area contributed by atoms with Crippen molar-refractivity contribution in [2.75, 3.05) is 26.2 Å². The number of imide groups is 1. The number of hydrogen-bond acceptors (Lipinski definition) is 10. The largest absolute Gasteiger partial charge is 0.547 e. The zero-order chi connectivity index (χ0) is 38.3. The molecule has 2 atom stereocenters. The molecule has 20 heteroatoms. The minimum absolute atomic E-state index is 0.0981. The van der Waals surface area contributed by atoms with Crippen molar-refractivity contribution in [2.24, 2.45) is 0 Å². The van der Waals surface area contributed by atoms with Gasteiger partial charge in [0.25, 0.3) is 0 Å². The number of benzene rings is 3. The number of aromatic carboxylic acids is 1. The lowest BCUT2D eigenvalue weighted by molar-refractivity contribution is -0.123. The van der Waals surface area contributed by atoms with E-state index < -0.39 is 93.9 Å². The predicted molar refractivity (Wildman–Crippen MR) is 179 cm³/mol. The first-order valence-corrected chi connectivity index (χ1v) is 16.7. The lowest BCUT2D eigenvalue weighted by atomic mass is 9.72. The fourth-order valence-corrected chi connectivity index (χ4v) is 7.05. The van der Waals surface area contributed by atoms with Crippen molar-refractivity contribution < 1.29 is 62.5 Å². The standard InChI is InChI=1S/C33H32BClF3N5O10/c35-25-20(13-22(38)27(45)28(25)46)26(30(47)39-23-11-16-1-2-21(37)24(31(48)49)29(16)53-34(23)52)40-32(50)43-8-7-42(33(43)51)18-3-5-41(6-4-18)14-15-9-17(36)12-19(44)10-15/h1-2,9-10,12-13,18,23,26,44-46,52H,3-8,11,14H2,(H,39,47)(H,40,50)(H,48,49)/t23-,26?/m0/s1. The smallest absolute Gasteiger partial charge is 0.534 e. The summed E-state index contributed by atoms with van der Waals surface area (Å²) in [5, 5.41) is 53.9. The topological polar surface area (TPSA) is 212 Å². The third kappa shape index (κ3) is 7.58. The highest BCUT2D eigenvalue weighted by Crippen LogP contribution is 2.41. The molecule has 3 aromatic carbocycles. The predicted octanol–water partition coefficient (Wildman–Crippen LogP) is 2.86. The second kappa shape index (κ2) is 14.9. The lowest BCUT2D eigenvalue weighted by Crippen LogP contribution is -2.56. The van der Waals surface area contributed by atoms with Gasteiger partial charge in [-0.3, -0.25) is 9.69 Å². The normalized spacial score (nSPS) is 18.4. The van der Waals surface area contributed by atoms with Gasteiger partial charge in [0.15, 0.2) is 17.3 Å². The number of rotatable bonds is 8. The van der Waals surface area contributed by atoms with E-state index in [-0.39, 0.29) is 36.9 Å². The fourth-order valence-electron chi connectivity index (χ4n) is 6.80. The molecule has 5 amide bonds. The molecule has 0 spiro atoms. The summed E-state index contributed by atoms with van der Waals surface area (Å²) in [4.78, 5) is 56.8. The summed E-state index contributed by atoms with van der Waals surface area (Å²) in [6, 6.07) is 2.45. The zero-order valence-electron chi connectivity index (χ0n) is 27.6. The van der Waals surface area contributed by atoms with Crippen LogP contribution >= 0.6 is 11.6 Å². The summed E-state index contributed by atoms with van der Waals surface area (Å²) >= 11 is 6.19. The van der Waals surface area contributed by atoms with Crippen LogP contribution in [0.5, 0.6) is 23.0 Å². The van der Waals surface area contributed by atoms with Crippen LogP contribution in [-0.4, -0.2) is 109 Å². The van der Waals surface area contributed by atoms with Gasteiger partial charge in [-0.15, -0.1) is 0 Å². The van der Waals surface area contributed by atoms with Crippen molar-refractivity contribution in [3.05, 3.63) is 81.1 Å². The summed E-state index contributed by atoms with van der Waals surface area (Å²) in [6.45, 7) is 1.48. The Kier molecular flexibility index (Phi) is 10.5. The highest BCUT2D eigenvalue weighted by molar-refractivity contribution is 6.47. The maximum Gasteiger partial charge on any atom is 0.547 e. The Morgan fingerprint density at radius 3 is 2.38 bits per heavy atom. The van der Waals surface area contributed by atoms with E-state index in [0.29, 0.717) is 44.1 Å². The Morgan fingerprint density at radius 1 is 0.981 bits per heavy atom. The molecule has 2 fully saturated rings. The van der Waals surface area contributed by atoms with Gasteiger partial charge in [-0.1, -0.05) is 17.7 Å². The molecule has 0 aliphatic carbocycles. The number of urea groups is 2. The number of aromatic hydroxyl groups is 3. The number of nitrogens with one attached hydrogen (secondary N) is 2.